The van der Waals surface area contributed by atoms with E-state index in [1.807, 2.05) is 55.5 Å². The Labute approximate surface area is 151 Å². The summed E-state index contributed by atoms with van der Waals surface area (Å²) in [6.45, 7) is 1.84. The Hall–Kier alpha value is -1.69. The Kier molecular flexibility index (Phi) is 4.80. The summed E-state index contributed by atoms with van der Waals surface area (Å²) in [4.78, 5) is 12.8. The molecule has 0 aliphatic heterocycles. The second kappa shape index (κ2) is 6.83. The minimum Gasteiger partial charge on any atom is -0.266 e. The van der Waals surface area contributed by atoms with Crippen molar-refractivity contribution in [3.05, 3.63) is 68.5 Å². The van der Waals surface area contributed by atoms with E-state index in [4.69, 9.17) is 11.6 Å². The first-order valence-electron chi connectivity index (χ1n) is 6.84. The van der Waals surface area contributed by atoms with E-state index >= 15 is 0 Å². The van der Waals surface area contributed by atoms with Crippen LogP contribution in [0.2, 0.25) is 5.02 Å². The Balaban J connectivity index is 1.83. The van der Waals surface area contributed by atoms with Gasteiger partial charge in [0.2, 0.25) is 0 Å². The molecule has 0 unspecified atom stereocenters. The van der Waals surface area contributed by atoms with Crippen molar-refractivity contribution in [1.82, 2.24) is 5.43 Å². The van der Waals surface area contributed by atoms with Crippen LogP contribution in [0.25, 0.3) is 10.1 Å². The molecule has 1 amide bonds. The lowest BCUT2D eigenvalue weighted by atomic mass is 10.1. The lowest BCUT2D eigenvalue weighted by Crippen LogP contribution is -2.18. The summed E-state index contributed by atoms with van der Waals surface area (Å²) in [5.41, 5.74) is 4.23. The molecule has 1 aromatic heterocycles. The number of nitrogens with zero attached hydrogens (tertiary/aromatic N) is 1. The van der Waals surface area contributed by atoms with Crippen LogP contribution in [0, 0.1) is 0 Å². The van der Waals surface area contributed by atoms with Crippen molar-refractivity contribution in [2.45, 2.75) is 6.92 Å². The van der Waals surface area contributed by atoms with Gasteiger partial charge in [-0.25, -0.2) is 5.43 Å². The normalized spacial score (nSPS) is 11.7. The highest BCUT2D eigenvalue weighted by Crippen LogP contribution is 2.34. The minimum atomic E-state index is -0.300. The lowest BCUT2D eigenvalue weighted by molar-refractivity contribution is 0.0959. The van der Waals surface area contributed by atoms with E-state index in [9.17, 15) is 4.79 Å². The molecular weight excluding hydrogens is 396 g/mol. The molecule has 0 aliphatic carbocycles. The monoisotopic (exact) mass is 406 g/mol. The molecule has 0 atom stereocenters. The summed E-state index contributed by atoms with van der Waals surface area (Å²) >= 11 is 11.1. The maximum atomic E-state index is 12.3. The first-order valence-corrected chi connectivity index (χ1v) is 8.82. The third-order valence-corrected chi connectivity index (χ3v) is 5.48. The highest BCUT2D eigenvalue weighted by Gasteiger charge is 2.16. The smallest absolute Gasteiger partial charge is 0.266 e. The van der Waals surface area contributed by atoms with Crippen molar-refractivity contribution in [2.24, 2.45) is 5.10 Å². The summed E-state index contributed by atoms with van der Waals surface area (Å²) < 4.78 is 1.94. The molecule has 0 aliphatic rings. The average Bonchev–Trinajstić information content (AvgIpc) is 2.90. The number of hydrogen-bond donors (Lipinski definition) is 1. The van der Waals surface area contributed by atoms with Crippen LogP contribution in [0.5, 0.6) is 0 Å². The second-order valence-electron chi connectivity index (χ2n) is 4.89. The molecule has 116 valence electrons. The average molecular weight is 408 g/mol. The largest absolute Gasteiger partial charge is 0.283 e. The third kappa shape index (κ3) is 3.47. The van der Waals surface area contributed by atoms with Crippen LogP contribution in [-0.2, 0) is 0 Å². The van der Waals surface area contributed by atoms with E-state index < -0.39 is 0 Å². The number of benzene rings is 2. The Morgan fingerprint density at radius 1 is 1.22 bits per heavy atom. The topological polar surface area (TPSA) is 41.5 Å². The number of thiophene rings is 1. The molecule has 2 aromatic carbocycles. The predicted octanol–water partition coefficient (Wildman–Crippen LogP) is 5.47. The zero-order valence-electron chi connectivity index (χ0n) is 12.1. The first-order chi connectivity index (χ1) is 11.1. The van der Waals surface area contributed by atoms with E-state index in [0.29, 0.717) is 9.90 Å². The summed E-state index contributed by atoms with van der Waals surface area (Å²) in [6.07, 6.45) is 0. The second-order valence-corrected chi connectivity index (χ2v) is 7.24. The number of fused-ring (bicyclic) bond motifs is 1. The first kappa shape index (κ1) is 16.2. The predicted molar refractivity (Wildman–Crippen MR) is 101 cm³/mol. The van der Waals surface area contributed by atoms with E-state index in [1.54, 1.807) is 0 Å². The van der Waals surface area contributed by atoms with Crippen molar-refractivity contribution < 1.29 is 4.79 Å². The van der Waals surface area contributed by atoms with E-state index in [1.165, 1.54) is 11.3 Å². The number of amides is 1. The summed E-state index contributed by atoms with van der Waals surface area (Å²) in [7, 11) is 0. The number of carbonyl (C=O) groups is 1. The Bertz CT molecular complexity index is 920. The van der Waals surface area contributed by atoms with Gasteiger partial charge in [-0.1, -0.05) is 57.9 Å². The van der Waals surface area contributed by atoms with E-state index in [-0.39, 0.29) is 5.91 Å². The van der Waals surface area contributed by atoms with Crippen molar-refractivity contribution in [3.8, 4) is 0 Å². The molecule has 0 saturated heterocycles. The molecule has 0 saturated carbocycles. The highest BCUT2D eigenvalue weighted by atomic mass is 79.9. The number of halogens is 2. The SMILES string of the molecule is C/C(=N/NC(=O)c1sc2ccccc2c1Cl)c1cccc(Br)c1. The molecule has 0 bridgehead atoms. The molecule has 0 spiro atoms. The van der Waals surface area contributed by atoms with Crippen molar-refractivity contribution >= 4 is 60.6 Å². The van der Waals surface area contributed by atoms with Crippen LogP contribution < -0.4 is 5.43 Å². The van der Waals surface area contributed by atoms with Gasteiger partial charge in [0.1, 0.15) is 4.88 Å². The van der Waals surface area contributed by atoms with Gasteiger partial charge >= 0.3 is 0 Å². The zero-order chi connectivity index (χ0) is 16.4. The standard InChI is InChI=1S/C17H12BrClN2OS/c1-10(11-5-4-6-12(18)9-11)20-21-17(22)16-15(19)13-7-2-3-8-14(13)23-16/h2-9H,1H3,(H,21,22)/b20-10-. The van der Waals surface area contributed by atoms with Gasteiger partial charge in [-0.3, -0.25) is 4.79 Å². The number of nitrogens with one attached hydrogen (secondary N) is 1. The van der Waals surface area contributed by atoms with Gasteiger partial charge in [-0.15, -0.1) is 11.3 Å². The molecule has 3 nitrogen and oxygen atoms in total. The quantitative estimate of drug-likeness (QED) is 0.454. The number of hydrogen-bond acceptors (Lipinski definition) is 3. The Morgan fingerprint density at radius 3 is 2.74 bits per heavy atom. The van der Waals surface area contributed by atoms with Gasteiger partial charge in [0.05, 0.1) is 10.7 Å². The molecule has 1 heterocycles. The van der Waals surface area contributed by atoms with Crippen LogP contribution in [0.3, 0.4) is 0 Å². The third-order valence-electron chi connectivity index (χ3n) is 3.31. The van der Waals surface area contributed by atoms with Gasteiger partial charge in [-0.2, -0.15) is 5.10 Å². The number of rotatable bonds is 3. The maximum absolute atomic E-state index is 12.3. The maximum Gasteiger partial charge on any atom is 0.283 e. The summed E-state index contributed by atoms with van der Waals surface area (Å²) in [5, 5.41) is 5.52. The molecular formula is C17H12BrClN2OS. The summed E-state index contributed by atoms with van der Waals surface area (Å²) in [6, 6.07) is 15.4. The summed E-state index contributed by atoms with van der Waals surface area (Å²) in [5.74, 6) is -0.300. The minimum absolute atomic E-state index is 0.300. The van der Waals surface area contributed by atoms with Gasteiger partial charge in [0.15, 0.2) is 0 Å². The van der Waals surface area contributed by atoms with E-state index in [2.05, 4.69) is 26.5 Å². The molecule has 1 N–H and O–H groups in total. The fourth-order valence-corrected chi connectivity index (χ4v) is 3.93. The number of hydrazone groups is 1. The van der Waals surface area contributed by atoms with Gasteiger partial charge in [0, 0.05) is 14.6 Å². The Morgan fingerprint density at radius 2 is 2.00 bits per heavy atom. The fourth-order valence-electron chi connectivity index (χ4n) is 2.12. The van der Waals surface area contributed by atoms with Crippen molar-refractivity contribution in [2.75, 3.05) is 0 Å². The van der Waals surface area contributed by atoms with Crippen molar-refractivity contribution in [1.29, 1.82) is 0 Å². The van der Waals surface area contributed by atoms with Crippen LogP contribution in [0.1, 0.15) is 22.2 Å². The lowest BCUT2D eigenvalue weighted by Gasteiger charge is -2.03. The molecule has 6 heteroatoms. The molecule has 0 fully saturated rings. The fraction of sp³-hybridized carbons (Fsp3) is 0.0588. The van der Waals surface area contributed by atoms with E-state index in [0.717, 1.165) is 25.8 Å². The van der Waals surface area contributed by atoms with Crippen LogP contribution >= 0.6 is 38.9 Å². The number of carbonyl (C=O) groups excluding carboxylic acids is 1. The van der Waals surface area contributed by atoms with Gasteiger partial charge < -0.3 is 0 Å². The molecule has 23 heavy (non-hydrogen) atoms. The van der Waals surface area contributed by atoms with Crippen molar-refractivity contribution in [3.63, 3.8) is 0 Å². The molecule has 0 radical (unpaired) electrons. The molecule has 3 aromatic rings. The van der Waals surface area contributed by atoms with Crippen LogP contribution in [-0.4, -0.2) is 11.6 Å². The zero-order valence-corrected chi connectivity index (χ0v) is 15.3. The highest BCUT2D eigenvalue weighted by molar-refractivity contribution is 9.10. The van der Waals surface area contributed by atoms with Gasteiger partial charge in [0.25, 0.3) is 5.91 Å². The molecule has 3 rings (SSSR count). The van der Waals surface area contributed by atoms with Crippen LogP contribution in [0.15, 0.2) is 58.1 Å². The van der Waals surface area contributed by atoms with Crippen LogP contribution in [0.4, 0.5) is 0 Å². The van der Waals surface area contributed by atoms with Gasteiger partial charge in [-0.05, 0) is 30.7 Å².